The quantitative estimate of drug-likeness (QED) is 0.470. The number of carbonyl (C=O) groups excluding carboxylic acids is 1. The maximum Gasteiger partial charge on any atom is 0.305 e. The van der Waals surface area contributed by atoms with Crippen molar-refractivity contribution in [3.8, 4) is 5.75 Å². The average Bonchev–Trinajstić information content (AvgIpc) is 2.47. The largest absolute Gasteiger partial charge is 0.457 e. The van der Waals surface area contributed by atoms with Gasteiger partial charge in [-0.3, -0.25) is 4.79 Å². The molecule has 0 aromatic heterocycles. The van der Waals surface area contributed by atoms with Gasteiger partial charge in [0.15, 0.2) is 0 Å². The molecule has 2 rings (SSSR count). The van der Waals surface area contributed by atoms with Crippen LogP contribution in [0.4, 0.5) is 0 Å². The molecule has 0 aliphatic rings. The van der Waals surface area contributed by atoms with Gasteiger partial charge in [0.1, 0.15) is 5.75 Å². The highest BCUT2D eigenvalue weighted by atomic mass is 16.7. The van der Waals surface area contributed by atoms with Crippen molar-refractivity contribution in [1.29, 1.82) is 0 Å². The first-order chi connectivity index (χ1) is 9.75. The minimum atomic E-state index is -0.359. The number of rotatable bonds is 5. The molecule has 0 spiro atoms. The van der Waals surface area contributed by atoms with E-state index in [0.29, 0.717) is 5.75 Å². The van der Waals surface area contributed by atoms with E-state index in [-0.39, 0.29) is 12.8 Å². The fourth-order valence-electron chi connectivity index (χ4n) is 1.68. The molecule has 0 aliphatic carbocycles. The van der Waals surface area contributed by atoms with Gasteiger partial charge in [-0.05, 0) is 11.6 Å². The fourth-order valence-corrected chi connectivity index (χ4v) is 1.68. The molecule has 0 bridgehead atoms. The van der Waals surface area contributed by atoms with Gasteiger partial charge in [-0.25, -0.2) is 0 Å². The number of ether oxygens (including phenoxy) is 2. The van der Waals surface area contributed by atoms with E-state index in [0.717, 1.165) is 11.1 Å². The predicted molar refractivity (Wildman–Crippen MR) is 79.1 cm³/mol. The standard InChI is InChI=1S/C17H16O3/c1-14(18)19-13-20-17-10-6-5-9-16(17)12-11-15-7-3-2-4-8-15/h2-12H,13H2,1H3/b12-11+. The Balaban J connectivity index is 2.07. The van der Waals surface area contributed by atoms with Gasteiger partial charge >= 0.3 is 5.97 Å². The van der Waals surface area contributed by atoms with Crippen molar-refractivity contribution in [2.45, 2.75) is 6.92 Å². The van der Waals surface area contributed by atoms with Gasteiger partial charge in [-0.15, -0.1) is 0 Å². The zero-order chi connectivity index (χ0) is 14.2. The summed E-state index contributed by atoms with van der Waals surface area (Å²) in [7, 11) is 0. The minimum absolute atomic E-state index is 0.0779. The number of hydrogen-bond donors (Lipinski definition) is 0. The Labute approximate surface area is 118 Å². The Bertz CT molecular complexity index is 588. The van der Waals surface area contributed by atoms with E-state index in [1.54, 1.807) is 0 Å². The van der Waals surface area contributed by atoms with E-state index in [1.165, 1.54) is 6.92 Å². The van der Waals surface area contributed by atoms with Gasteiger partial charge in [0, 0.05) is 12.5 Å². The third kappa shape index (κ3) is 4.28. The number of benzene rings is 2. The maximum atomic E-state index is 10.7. The Morgan fingerprint density at radius 3 is 2.45 bits per heavy atom. The van der Waals surface area contributed by atoms with Crippen LogP contribution in [0, 0.1) is 0 Å². The van der Waals surface area contributed by atoms with Crippen molar-refractivity contribution in [3.63, 3.8) is 0 Å². The smallest absolute Gasteiger partial charge is 0.305 e. The lowest BCUT2D eigenvalue weighted by Gasteiger charge is -2.08. The van der Waals surface area contributed by atoms with Crippen molar-refractivity contribution in [1.82, 2.24) is 0 Å². The number of para-hydroxylation sites is 1. The highest BCUT2D eigenvalue weighted by Gasteiger charge is 2.00. The number of carbonyl (C=O) groups is 1. The van der Waals surface area contributed by atoms with Gasteiger partial charge in [0.25, 0.3) is 0 Å². The van der Waals surface area contributed by atoms with Crippen LogP contribution >= 0.6 is 0 Å². The third-order valence-electron chi connectivity index (χ3n) is 2.65. The second-order valence-corrected chi connectivity index (χ2v) is 4.18. The molecule has 0 saturated carbocycles. The zero-order valence-electron chi connectivity index (χ0n) is 11.3. The second kappa shape index (κ2) is 7.14. The molecule has 0 unspecified atom stereocenters. The molecule has 2 aromatic carbocycles. The van der Waals surface area contributed by atoms with Gasteiger partial charge in [-0.1, -0.05) is 60.7 Å². The summed E-state index contributed by atoms with van der Waals surface area (Å²) in [5, 5.41) is 0. The van der Waals surface area contributed by atoms with E-state index in [1.807, 2.05) is 66.7 Å². The summed E-state index contributed by atoms with van der Waals surface area (Å²) < 4.78 is 10.2. The lowest BCUT2D eigenvalue weighted by atomic mass is 10.1. The highest BCUT2D eigenvalue weighted by Crippen LogP contribution is 2.20. The van der Waals surface area contributed by atoms with E-state index < -0.39 is 0 Å². The van der Waals surface area contributed by atoms with Crippen LogP contribution in [0.25, 0.3) is 12.2 Å². The molecule has 102 valence electrons. The SMILES string of the molecule is CC(=O)OCOc1ccccc1/C=C/c1ccccc1. The lowest BCUT2D eigenvalue weighted by molar-refractivity contribution is -0.147. The van der Waals surface area contributed by atoms with Crippen LogP contribution in [0.1, 0.15) is 18.1 Å². The number of esters is 1. The predicted octanol–water partition coefficient (Wildman–Crippen LogP) is 3.76. The molecule has 0 fully saturated rings. The average molecular weight is 268 g/mol. The topological polar surface area (TPSA) is 35.5 Å². The summed E-state index contributed by atoms with van der Waals surface area (Å²) >= 11 is 0. The molecule has 0 aliphatic heterocycles. The van der Waals surface area contributed by atoms with E-state index in [2.05, 4.69) is 0 Å². The summed E-state index contributed by atoms with van der Waals surface area (Å²) in [4.78, 5) is 10.7. The second-order valence-electron chi connectivity index (χ2n) is 4.18. The molecule has 0 amide bonds. The Morgan fingerprint density at radius 1 is 1.00 bits per heavy atom. The molecule has 3 heteroatoms. The summed E-state index contributed by atoms with van der Waals surface area (Å²) in [6.07, 6.45) is 3.98. The van der Waals surface area contributed by atoms with Crippen LogP contribution < -0.4 is 4.74 Å². The first-order valence-electron chi connectivity index (χ1n) is 6.34. The Kier molecular flexibility index (Phi) is 4.95. The number of hydrogen-bond acceptors (Lipinski definition) is 3. The normalized spacial score (nSPS) is 10.4. The molecule has 0 N–H and O–H groups in total. The van der Waals surface area contributed by atoms with E-state index >= 15 is 0 Å². The molecule has 0 heterocycles. The molecule has 0 atom stereocenters. The van der Waals surface area contributed by atoms with E-state index in [4.69, 9.17) is 9.47 Å². The zero-order valence-corrected chi connectivity index (χ0v) is 11.3. The minimum Gasteiger partial charge on any atom is -0.457 e. The first-order valence-corrected chi connectivity index (χ1v) is 6.34. The molecular formula is C17H16O3. The molecule has 2 aromatic rings. The van der Waals surface area contributed by atoms with Crippen molar-refractivity contribution >= 4 is 18.1 Å². The van der Waals surface area contributed by atoms with Crippen LogP contribution in [0.5, 0.6) is 5.75 Å². The van der Waals surface area contributed by atoms with Gasteiger partial charge < -0.3 is 9.47 Å². The monoisotopic (exact) mass is 268 g/mol. The summed E-state index contributed by atoms with van der Waals surface area (Å²) in [5.74, 6) is 0.322. The van der Waals surface area contributed by atoms with E-state index in [9.17, 15) is 4.79 Å². The molecule has 3 nitrogen and oxygen atoms in total. The van der Waals surface area contributed by atoms with Gasteiger partial charge in [-0.2, -0.15) is 0 Å². The van der Waals surface area contributed by atoms with Crippen molar-refractivity contribution in [2.24, 2.45) is 0 Å². The fraction of sp³-hybridized carbons (Fsp3) is 0.118. The van der Waals surface area contributed by atoms with Gasteiger partial charge in [0.2, 0.25) is 6.79 Å². The van der Waals surface area contributed by atoms with Crippen LogP contribution in [-0.4, -0.2) is 12.8 Å². The lowest BCUT2D eigenvalue weighted by Crippen LogP contribution is -2.07. The highest BCUT2D eigenvalue weighted by molar-refractivity contribution is 5.72. The summed E-state index contributed by atoms with van der Waals surface area (Å²) in [6.45, 7) is 1.27. The summed E-state index contributed by atoms with van der Waals surface area (Å²) in [6, 6.07) is 17.6. The van der Waals surface area contributed by atoms with Crippen molar-refractivity contribution in [2.75, 3.05) is 6.79 Å². The first kappa shape index (κ1) is 13.9. The molecule has 20 heavy (non-hydrogen) atoms. The van der Waals surface area contributed by atoms with Crippen LogP contribution in [0.15, 0.2) is 54.6 Å². The van der Waals surface area contributed by atoms with Crippen molar-refractivity contribution < 1.29 is 14.3 Å². The summed E-state index contributed by atoms with van der Waals surface area (Å²) in [5.41, 5.74) is 2.05. The molecule has 0 saturated heterocycles. The Morgan fingerprint density at radius 2 is 1.70 bits per heavy atom. The third-order valence-corrected chi connectivity index (χ3v) is 2.65. The Hall–Kier alpha value is -2.55. The van der Waals surface area contributed by atoms with Crippen LogP contribution in [-0.2, 0) is 9.53 Å². The van der Waals surface area contributed by atoms with Crippen LogP contribution in [0.3, 0.4) is 0 Å². The molecule has 0 radical (unpaired) electrons. The maximum absolute atomic E-state index is 10.7. The van der Waals surface area contributed by atoms with Crippen molar-refractivity contribution in [3.05, 3.63) is 65.7 Å². The van der Waals surface area contributed by atoms with Gasteiger partial charge in [0.05, 0.1) is 0 Å². The molecular weight excluding hydrogens is 252 g/mol. The van der Waals surface area contributed by atoms with Crippen LogP contribution in [0.2, 0.25) is 0 Å².